The number of ether oxygens (including phenoxy) is 2. The van der Waals surface area contributed by atoms with E-state index in [4.69, 9.17) is 21.1 Å². The Bertz CT molecular complexity index is 1070. The van der Waals surface area contributed by atoms with Crippen molar-refractivity contribution in [3.8, 4) is 5.75 Å². The minimum absolute atomic E-state index is 0.00164. The van der Waals surface area contributed by atoms with E-state index in [1.54, 1.807) is 18.2 Å². The third-order valence-corrected chi connectivity index (χ3v) is 4.70. The molecular formula is C20H18ClFN4O3. The lowest BCUT2D eigenvalue weighted by atomic mass is 10.1. The predicted octanol–water partition coefficient (Wildman–Crippen LogP) is 4.29. The van der Waals surface area contributed by atoms with Gasteiger partial charge in [-0.25, -0.2) is 14.4 Å². The van der Waals surface area contributed by atoms with Gasteiger partial charge in [0, 0.05) is 30.5 Å². The summed E-state index contributed by atoms with van der Waals surface area (Å²) in [5.74, 6) is 0.265. The highest BCUT2D eigenvalue weighted by atomic mass is 35.5. The van der Waals surface area contributed by atoms with Gasteiger partial charge in [0.15, 0.2) is 0 Å². The number of carbonyl (C=O) groups is 1. The average molecular weight is 417 g/mol. The molecule has 0 unspecified atom stereocenters. The molecule has 1 aliphatic rings. The lowest BCUT2D eigenvalue weighted by molar-refractivity contribution is -0.114. The van der Waals surface area contributed by atoms with Gasteiger partial charge >= 0.3 is 0 Å². The minimum atomic E-state index is -0.504. The Labute approximate surface area is 171 Å². The van der Waals surface area contributed by atoms with Crippen LogP contribution in [0.3, 0.4) is 0 Å². The van der Waals surface area contributed by atoms with Crippen molar-refractivity contribution in [2.75, 3.05) is 23.8 Å². The van der Waals surface area contributed by atoms with Crippen molar-refractivity contribution in [3.05, 3.63) is 47.5 Å². The molecule has 0 bridgehead atoms. The Balaban J connectivity index is 1.73. The summed E-state index contributed by atoms with van der Waals surface area (Å²) in [6, 6.07) is 7.80. The second kappa shape index (κ2) is 8.18. The Morgan fingerprint density at radius 3 is 2.90 bits per heavy atom. The number of carbonyl (C=O) groups excluding carboxylic acids is 1. The third-order valence-electron chi connectivity index (χ3n) is 4.41. The molecule has 2 aromatic carbocycles. The van der Waals surface area contributed by atoms with Gasteiger partial charge < -0.3 is 20.1 Å². The lowest BCUT2D eigenvalue weighted by Crippen LogP contribution is -2.17. The summed E-state index contributed by atoms with van der Waals surface area (Å²) in [6.07, 6.45) is 2.11. The van der Waals surface area contributed by atoms with Crippen LogP contribution in [0.2, 0.25) is 5.02 Å². The van der Waals surface area contributed by atoms with E-state index in [9.17, 15) is 9.18 Å². The molecule has 1 atom stereocenters. The maximum Gasteiger partial charge on any atom is 0.221 e. The molecule has 7 nitrogen and oxygen atoms in total. The van der Waals surface area contributed by atoms with Crippen LogP contribution in [0.25, 0.3) is 10.9 Å². The molecule has 1 saturated heterocycles. The number of nitrogens with one attached hydrogen (secondary N) is 2. The number of rotatable bonds is 5. The van der Waals surface area contributed by atoms with E-state index in [0.29, 0.717) is 47.1 Å². The zero-order chi connectivity index (χ0) is 20.4. The quantitative estimate of drug-likeness (QED) is 0.645. The highest BCUT2D eigenvalue weighted by Gasteiger charge is 2.20. The lowest BCUT2D eigenvalue weighted by Gasteiger charge is -2.17. The van der Waals surface area contributed by atoms with Crippen molar-refractivity contribution in [1.82, 2.24) is 9.97 Å². The van der Waals surface area contributed by atoms with Crippen LogP contribution >= 0.6 is 11.6 Å². The van der Waals surface area contributed by atoms with E-state index >= 15 is 0 Å². The van der Waals surface area contributed by atoms with Gasteiger partial charge in [0.2, 0.25) is 5.91 Å². The van der Waals surface area contributed by atoms with Crippen LogP contribution in [0.5, 0.6) is 5.75 Å². The summed E-state index contributed by atoms with van der Waals surface area (Å²) < 4.78 is 24.8. The van der Waals surface area contributed by atoms with E-state index in [-0.39, 0.29) is 17.0 Å². The van der Waals surface area contributed by atoms with Crippen molar-refractivity contribution in [1.29, 1.82) is 0 Å². The standard InChI is InChI=1S/C20H18ClFN4O3/c1-11(27)25-18-7-14-17(8-19(18)29-13-4-5-28-9-13)23-10-24-20(14)26-12-2-3-16(22)15(21)6-12/h2-3,6-8,10,13H,4-5,9H2,1H3,(H,25,27)(H,23,24,26)/t13-/m0/s1. The van der Waals surface area contributed by atoms with Gasteiger partial charge in [0.05, 0.1) is 29.4 Å². The molecule has 150 valence electrons. The number of nitrogens with zero attached hydrogens (tertiary/aromatic N) is 2. The SMILES string of the molecule is CC(=O)Nc1cc2c(Nc3ccc(F)c(Cl)c3)ncnc2cc1O[C@H]1CCOC1. The number of hydrogen-bond donors (Lipinski definition) is 2. The van der Waals surface area contributed by atoms with Crippen LogP contribution in [0.4, 0.5) is 21.6 Å². The number of aromatic nitrogens is 2. The Kier molecular flexibility index (Phi) is 5.46. The largest absolute Gasteiger partial charge is 0.486 e. The molecule has 1 amide bonds. The fourth-order valence-corrected chi connectivity index (χ4v) is 3.24. The van der Waals surface area contributed by atoms with E-state index in [0.717, 1.165) is 6.42 Å². The van der Waals surface area contributed by atoms with Crippen LogP contribution in [0.15, 0.2) is 36.7 Å². The van der Waals surface area contributed by atoms with Gasteiger partial charge in [0.25, 0.3) is 0 Å². The highest BCUT2D eigenvalue weighted by Crippen LogP contribution is 2.35. The topological polar surface area (TPSA) is 85.4 Å². The van der Waals surface area contributed by atoms with Gasteiger partial charge in [-0.1, -0.05) is 11.6 Å². The highest BCUT2D eigenvalue weighted by molar-refractivity contribution is 6.31. The molecule has 29 heavy (non-hydrogen) atoms. The van der Waals surface area contributed by atoms with Crippen LogP contribution < -0.4 is 15.4 Å². The van der Waals surface area contributed by atoms with E-state index in [2.05, 4.69) is 20.6 Å². The maximum atomic E-state index is 13.4. The summed E-state index contributed by atoms with van der Waals surface area (Å²) >= 11 is 5.86. The second-order valence-corrected chi connectivity index (χ2v) is 7.03. The number of anilines is 3. The number of halogens is 2. The number of hydrogen-bond acceptors (Lipinski definition) is 6. The first-order chi connectivity index (χ1) is 14.0. The fraction of sp³-hybridized carbons (Fsp3) is 0.250. The maximum absolute atomic E-state index is 13.4. The van der Waals surface area contributed by atoms with Crippen molar-refractivity contribution in [2.45, 2.75) is 19.4 Å². The molecule has 0 spiro atoms. The van der Waals surface area contributed by atoms with Gasteiger partial charge in [-0.05, 0) is 24.3 Å². The zero-order valence-corrected chi connectivity index (χ0v) is 16.3. The second-order valence-electron chi connectivity index (χ2n) is 6.63. The Morgan fingerprint density at radius 2 is 2.17 bits per heavy atom. The van der Waals surface area contributed by atoms with E-state index in [1.807, 2.05) is 0 Å². The molecule has 4 rings (SSSR count). The van der Waals surface area contributed by atoms with Crippen LogP contribution in [0, 0.1) is 5.82 Å². The Hall–Kier alpha value is -2.97. The molecule has 0 radical (unpaired) electrons. The van der Waals surface area contributed by atoms with Crippen LogP contribution in [0.1, 0.15) is 13.3 Å². The van der Waals surface area contributed by atoms with E-state index in [1.165, 1.54) is 25.4 Å². The van der Waals surface area contributed by atoms with Gasteiger partial charge in [0.1, 0.15) is 29.8 Å². The minimum Gasteiger partial charge on any atom is -0.486 e. The molecule has 2 N–H and O–H groups in total. The molecule has 0 aliphatic carbocycles. The van der Waals surface area contributed by atoms with Gasteiger partial charge in [-0.3, -0.25) is 4.79 Å². The summed E-state index contributed by atoms with van der Waals surface area (Å²) in [6.45, 7) is 2.57. The smallest absolute Gasteiger partial charge is 0.221 e. The summed E-state index contributed by atoms with van der Waals surface area (Å²) in [7, 11) is 0. The summed E-state index contributed by atoms with van der Waals surface area (Å²) in [5, 5.41) is 6.56. The molecular weight excluding hydrogens is 399 g/mol. The van der Waals surface area contributed by atoms with E-state index < -0.39 is 5.82 Å². The average Bonchev–Trinajstić information content (AvgIpc) is 3.18. The van der Waals surface area contributed by atoms with Crippen molar-refractivity contribution >= 4 is 45.6 Å². The molecule has 0 saturated carbocycles. The molecule has 3 aromatic rings. The first-order valence-electron chi connectivity index (χ1n) is 9.02. The van der Waals surface area contributed by atoms with Gasteiger partial charge in [-0.2, -0.15) is 0 Å². The molecule has 2 heterocycles. The first kappa shape index (κ1) is 19.4. The summed E-state index contributed by atoms with van der Waals surface area (Å²) in [5.41, 5.74) is 1.70. The number of fused-ring (bicyclic) bond motifs is 1. The zero-order valence-electron chi connectivity index (χ0n) is 15.5. The van der Waals surface area contributed by atoms with Crippen molar-refractivity contribution in [2.24, 2.45) is 0 Å². The van der Waals surface area contributed by atoms with Crippen molar-refractivity contribution in [3.63, 3.8) is 0 Å². The van der Waals surface area contributed by atoms with Crippen LogP contribution in [-0.4, -0.2) is 35.2 Å². The molecule has 1 aromatic heterocycles. The normalized spacial score (nSPS) is 16.0. The molecule has 9 heteroatoms. The molecule has 1 aliphatic heterocycles. The predicted molar refractivity (Wildman–Crippen MR) is 108 cm³/mol. The first-order valence-corrected chi connectivity index (χ1v) is 9.40. The molecule has 1 fully saturated rings. The Morgan fingerprint density at radius 1 is 1.31 bits per heavy atom. The van der Waals surface area contributed by atoms with Crippen LogP contribution in [-0.2, 0) is 9.53 Å². The number of benzene rings is 2. The van der Waals surface area contributed by atoms with Gasteiger partial charge in [-0.15, -0.1) is 0 Å². The monoisotopic (exact) mass is 416 g/mol. The summed E-state index contributed by atoms with van der Waals surface area (Å²) in [4.78, 5) is 20.3. The third kappa shape index (κ3) is 4.38. The fourth-order valence-electron chi connectivity index (χ4n) is 3.06. The van der Waals surface area contributed by atoms with Crippen molar-refractivity contribution < 1.29 is 18.7 Å². The number of amides is 1.